The number of nitrogens with zero attached hydrogens (tertiary/aromatic N) is 1. The minimum Gasteiger partial charge on any atom is -0.375 e. The van der Waals surface area contributed by atoms with E-state index in [0.29, 0.717) is 18.8 Å². The van der Waals surface area contributed by atoms with Crippen LogP contribution in [0.25, 0.3) is 0 Å². The Bertz CT molecular complexity index is 427. The fourth-order valence-corrected chi connectivity index (χ4v) is 2.01. The fraction of sp³-hybridized carbons (Fsp3) is 0.462. The van der Waals surface area contributed by atoms with Gasteiger partial charge in [0.25, 0.3) is 0 Å². The Kier molecular flexibility index (Phi) is 5.72. The summed E-state index contributed by atoms with van der Waals surface area (Å²) in [4.78, 5) is 13.8. The number of rotatable bonds is 2. The van der Waals surface area contributed by atoms with Crippen LogP contribution >= 0.6 is 12.4 Å². The van der Waals surface area contributed by atoms with Crippen LogP contribution in [0.5, 0.6) is 0 Å². The third-order valence-corrected chi connectivity index (χ3v) is 3.13. The van der Waals surface area contributed by atoms with Crippen LogP contribution in [0.15, 0.2) is 24.3 Å². The number of nitrogens with one attached hydrogen (secondary N) is 1. The van der Waals surface area contributed by atoms with E-state index < -0.39 is 0 Å². The number of ether oxygens (including phenoxy) is 1. The highest BCUT2D eigenvalue weighted by Gasteiger charge is 2.30. The largest absolute Gasteiger partial charge is 0.375 e. The molecule has 1 amide bonds. The smallest absolute Gasteiger partial charge is 0.246 e. The Morgan fingerprint density at radius 1 is 1.42 bits per heavy atom. The average Bonchev–Trinajstić information content (AvgIpc) is 2.38. The maximum atomic E-state index is 12.8. The van der Waals surface area contributed by atoms with Crippen molar-refractivity contribution in [2.45, 2.75) is 19.1 Å². The van der Waals surface area contributed by atoms with E-state index in [9.17, 15) is 9.18 Å². The summed E-state index contributed by atoms with van der Waals surface area (Å²) >= 11 is 0. The van der Waals surface area contributed by atoms with Crippen LogP contribution in [-0.2, 0) is 9.53 Å². The molecule has 0 aliphatic carbocycles. The molecule has 1 aromatic rings. The molecule has 0 spiro atoms. The van der Waals surface area contributed by atoms with Crippen molar-refractivity contribution in [3.05, 3.63) is 30.1 Å². The molecule has 0 aromatic heterocycles. The van der Waals surface area contributed by atoms with E-state index in [0.717, 1.165) is 0 Å². The number of halogens is 2. The van der Waals surface area contributed by atoms with E-state index in [1.165, 1.54) is 17.0 Å². The van der Waals surface area contributed by atoms with Crippen LogP contribution in [0, 0.1) is 5.82 Å². The number of carbonyl (C=O) groups excluding carboxylic acids is 1. The highest BCUT2D eigenvalue weighted by Crippen LogP contribution is 2.16. The highest BCUT2D eigenvalue weighted by atomic mass is 35.5. The topological polar surface area (TPSA) is 41.6 Å². The van der Waals surface area contributed by atoms with E-state index in [1.54, 1.807) is 19.2 Å². The van der Waals surface area contributed by atoms with Crippen molar-refractivity contribution in [1.29, 1.82) is 0 Å². The Balaban J connectivity index is 0.00000180. The van der Waals surface area contributed by atoms with Crippen LogP contribution in [0.1, 0.15) is 6.92 Å². The predicted molar refractivity (Wildman–Crippen MR) is 74.3 cm³/mol. The van der Waals surface area contributed by atoms with Gasteiger partial charge < -0.3 is 15.0 Å². The molecular weight excluding hydrogens is 271 g/mol. The lowest BCUT2D eigenvalue weighted by Gasteiger charge is -2.32. The van der Waals surface area contributed by atoms with Gasteiger partial charge in [-0.25, -0.2) is 4.39 Å². The van der Waals surface area contributed by atoms with E-state index in [4.69, 9.17) is 4.74 Å². The van der Waals surface area contributed by atoms with Crippen molar-refractivity contribution >= 4 is 24.0 Å². The quantitative estimate of drug-likeness (QED) is 0.898. The summed E-state index contributed by atoms with van der Waals surface area (Å²) in [5, 5.41) is 3.14. The van der Waals surface area contributed by atoms with Crippen LogP contribution in [0.3, 0.4) is 0 Å². The van der Waals surface area contributed by atoms with Gasteiger partial charge in [-0.15, -0.1) is 12.4 Å². The monoisotopic (exact) mass is 288 g/mol. The van der Waals surface area contributed by atoms with Crippen LogP contribution in [-0.4, -0.2) is 38.3 Å². The molecule has 0 unspecified atom stereocenters. The zero-order valence-corrected chi connectivity index (χ0v) is 11.7. The number of benzene rings is 1. The second kappa shape index (κ2) is 6.84. The summed E-state index contributed by atoms with van der Waals surface area (Å²) in [6.45, 7) is 3.15. The molecule has 1 heterocycles. The summed E-state index contributed by atoms with van der Waals surface area (Å²) < 4.78 is 18.3. The number of anilines is 1. The van der Waals surface area contributed by atoms with Crippen LogP contribution < -0.4 is 10.2 Å². The first kappa shape index (κ1) is 15.9. The van der Waals surface area contributed by atoms with Gasteiger partial charge in [-0.1, -0.05) is 0 Å². The van der Waals surface area contributed by atoms with Crippen molar-refractivity contribution in [2.75, 3.05) is 25.1 Å². The van der Waals surface area contributed by atoms with Crippen molar-refractivity contribution < 1.29 is 13.9 Å². The van der Waals surface area contributed by atoms with Crippen molar-refractivity contribution in [3.63, 3.8) is 0 Å². The molecule has 0 bridgehead atoms. The second-order valence-corrected chi connectivity index (χ2v) is 4.38. The van der Waals surface area contributed by atoms with Gasteiger partial charge in [0, 0.05) is 19.3 Å². The maximum absolute atomic E-state index is 12.8. The first-order valence-corrected chi connectivity index (χ1v) is 5.97. The average molecular weight is 289 g/mol. The summed E-state index contributed by atoms with van der Waals surface area (Å²) in [6.07, 6.45) is -0.158. The van der Waals surface area contributed by atoms with Crippen molar-refractivity contribution in [3.8, 4) is 0 Å². The van der Waals surface area contributed by atoms with Crippen molar-refractivity contribution in [1.82, 2.24) is 5.32 Å². The van der Waals surface area contributed by atoms with Crippen LogP contribution in [0.2, 0.25) is 0 Å². The maximum Gasteiger partial charge on any atom is 0.246 e. The van der Waals surface area contributed by atoms with E-state index >= 15 is 0 Å². The molecule has 2 atom stereocenters. The zero-order chi connectivity index (χ0) is 13.1. The van der Waals surface area contributed by atoms with Gasteiger partial charge in [0.1, 0.15) is 11.9 Å². The zero-order valence-electron chi connectivity index (χ0n) is 10.9. The van der Waals surface area contributed by atoms with Gasteiger partial charge in [0.15, 0.2) is 0 Å². The number of morpholine rings is 1. The van der Waals surface area contributed by atoms with Gasteiger partial charge in [-0.2, -0.15) is 0 Å². The molecular formula is C13H18ClFN2O2. The third kappa shape index (κ3) is 3.65. The van der Waals surface area contributed by atoms with Gasteiger partial charge >= 0.3 is 0 Å². The van der Waals surface area contributed by atoms with E-state index in [-0.39, 0.29) is 36.3 Å². The Morgan fingerprint density at radius 2 is 2.05 bits per heavy atom. The lowest BCUT2D eigenvalue weighted by atomic mass is 10.1. The Morgan fingerprint density at radius 3 is 2.63 bits per heavy atom. The Labute approximate surface area is 118 Å². The minimum absolute atomic E-state index is 0. The van der Waals surface area contributed by atoms with Gasteiger partial charge in [-0.05, 0) is 31.2 Å². The van der Waals surface area contributed by atoms with E-state index in [1.807, 2.05) is 6.92 Å². The molecule has 1 aliphatic rings. The standard InChI is InChI=1S/C13H17FN2O2.ClH/c1-9-12(15-7-8-18-9)13(17)16(2)11-5-3-10(14)4-6-11;/h3-6,9,12,15H,7-8H2,1-2H3;1H/t9-,12+;/m1./s1. The molecule has 106 valence electrons. The number of amides is 1. The van der Waals surface area contributed by atoms with Gasteiger partial charge in [-0.3, -0.25) is 4.79 Å². The van der Waals surface area contributed by atoms with Gasteiger partial charge in [0.2, 0.25) is 5.91 Å². The van der Waals surface area contributed by atoms with Gasteiger partial charge in [0.05, 0.1) is 12.7 Å². The number of hydrogen-bond donors (Lipinski definition) is 1. The third-order valence-electron chi connectivity index (χ3n) is 3.13. The molecule has 6 heteroatoms. The molecule has 19 heavy (non-hydrogen) atoms. The summed E-state index contributed by atoms with van der Waals surface area (Å²) in [5.41, 5.74) is 0.668. The predicted octanol–water partition coefficient (Wildman–Crippen LogP) is 1.59. The lowest BCUT2D eigenvalue weighted by Crippen LogP contribution is -2.55. The molecule has 0 radical (unpaired) electrons. The minimum atomic E-state index is -0.353. The molecule has 1 aliphatic heterocycles. The summed E-state index contributed by atoms with van der Waals surface area (Å²) in [7, 11) is 1.68. The summed E-state index contributed by atoms with van der Waals surface area (Å²) in [5.74, 6) is -0.388. The molecule has 1 aromatic carbocycles. The van der Waals surface area contributed by atoms with E-state index in [2.05, 4.69) is 5.32 Å². The van der Waals surface area contributed by atoms with Crippen LogP contribution in [0.4, 0.5) is 10.1 Å². The number of likely N-dealkylation sites (N-methyl/N-ethyl adjacent to an activating group) is 1. The first-order chi connectivity index (χ1) is 8.59. The number of hydrogen-bond acceptors (Lipinski definition) is 3. The normalized spacial score (nSPS) is 22.5. The second-order valence-electron chi connectivity index (χ2n) is 4.38. The fourth-order valence-electron chi connectivity index (χ4n) is 2.01. The first-order valence-electron chi connectivity index (χ1n) is 5.97. The molecule has 1 fully saturated rings. The molecule has 0 saturated carbocycles. The molecule has 2 rings (SSSR count). The Hall–Kier alpha value is -1.17. The lowest BCUT2D eigenvalue weighted by molar-refractivity contribution is -0.126. The number of carbonyl (C=O) groups is 1. The summed E-state index contributed by atoms with van der Waals surface area (Å²) in [6, 6.07) is 5.50. The molecule has 4 nitrogen and oxygen atoms in total. The van der Waals surface area contributed by atoms with Crippen molar-refractivity contribution in [2.24, 2.45) is 0 Å². The molecule has 1 saturated heterocycles. The highest BCUT2D eigenvalue weighted by molar-refractivity contribution is 5.97. The SMILES string of the molecule is C[C@H]1OCCN[C@@H]1C(=O)N(C)c1ccc(F)cc1.Cl. The molecule has 1 N–H and O–H groups in total.